The third-order valence-corrected chi connectivity index (χ3v) is 2.96. The van der Waals surface area contributed by atoms with Gasteiger partial charge in [-0.25, -0.2) is 0 Å². The number of carbonyl (C=O) groups is 1. The first kappa shape index (κ1) is 15.7. The molecule has 2 N–H and O–H groups in total. The smallest absolute Gasteiger partial charge is 0.254 e. The molecule has 1 amide bonds. The van der Waals surface area contributed by atoms with Gasteiger partial charge in [-0.2, -0.15) is 5.10 Å². The lowest BCUT2D eigenvalue weighted by Gasteiger charge is -2.25. The molecule has 1 atom stereocenters. The highest BCUT2D eigenvalue weighted by atomic mass is 16.3. The fraction of sp³-hybridized carbons (Fsp3) is 0.714. The molecule has 0 aliphatic heterocycles. The summed E-state index contributed by atoms with van der Waals surface area (Å²) in [5.74, 6) is 0.213. The summed E-state index contributed by atoms with van der Waals surface area (Å²) in [5.41, 5.74) is 0.493. The molecule has 0 aliphatic rings. The maximum atomic E-state index is 12.1. The molecule has 5 nitrogen and oxygen atoms in total. The molecule has 1 rings (SSSR count). The van der Waals surface area contributed by atoms with Crippen LogP contribution in [0.15, 0.2) is 6.20 Å². The summed E-state index contributed by atoms with van der Waals surface area (Å²) in [4.78, 5) is 12.1. The molecule has 108 valence electrons. The minimum Gasteiger partial charge on any atom is -0.388 e. The van der Waals surface area contributed by atoms with E-state index in [9.17, 15) is 9.90 Å². The molecule has 19 heavy (non-hydrogen) atoms. The summed E-state index contributed by atoms with van der Waals surface area (Å²) < 4.78 is 1.64. The summed E-state index contributed by atoms with van der Waals surface area (Å²) in [6.07, 6.45) is 3.08. The number of hydrogen-bond acceptors (Lipinski definition) is 3. The lowest BCUT2D eigenvalue weighted by atomic mass is 9.94. The van der Waals surface area contributed by atoms with Gasteiger partial charge in [-0.1, -0.05) is 20.8 Å². The molecule has 0 saturated carbocycles. The Labute approximate surface area is 115 Å². The Balaban J connectivity index is 2.65. The zero-order valence-corrected chi connectivity index (χ0v) is 12.5. The lowest BCUT2D eigenvalue weighted by Crippen LogP contribution is -2.41. The molecule has 0 spiro atoms. The summed E-state index contributed by atoms with van der Waals surface area (Å²) in [7, 11) is 1.80. The van der Waals surface area contributed by atoms with Crippen LogP contribution >= 0.6 is 0 Å². The van der Waals surface area contributed by atoms with E-state index in [4.69, 9.17) is 0 Å². The van der Waals surface area contributed by atoms with Gasteiger partial charge >= 0.3 is 0 Å². The Kier molecular flexibility index (Phi) is 5.11. The third kappa shape index (κ3) is 4.67. The summed E-state index contributed by atoms with van der Waals surface area (Å²) >= 11 is 0. The minimum atomic E-state index is -0.877. The van der Waals surface area contributed by atoms with E-state index in [1.807, 2.05) is 20.8 Å². The summed E-state index contributed by atoms with van der Waals surface area (Å²) in [6, 6.07) is 0. The van der Waals surface area contributed by atoms with Gasteiger partial charge in [-0.15, -0.1) is 0 Å². The standard InChI is InChI=1S/C14H25N3O2/c1-6-12-11(8-17(5)16-12)13(18)15-9-14(4,19)7-10(2)3/h8,10,19H,6-7,9H2,1-5H3,(H,15,18). The van der Waals surface area contributed by atoms with Gasteiger partial charge in [0, 0.05) is 19.8 Å². The number of rotatable bonds is 6. The topological polar surface area (TPSA) is 67.2 Å². The number of nitrogens with one attached hydrogen (secondary N) is 1. The first-order valence-electron chi connectivity index (χ1n) is 6.78. The van der Waals surface area contributed by atoms with Crippen molar-refractivity contribution < 1.29 is 9.90 Å². The van der Waals surface area contributed by atoms with Gasteiger partial charge in [-0.3, -0.25) is 9.48 Å². The van der Waals surface area contributed by atoms with Gasteiger partial charge in [0.1, 0.15) is 0 Å². The summed E-state index contributed by atoms with van der Waals surface area (Å²) in [6.45, 7) is 8.06. The second kappa shape index (κ2) is 6.19. The van der Waals surface area contributed by atoms with Crippen molar-refractivity contribution in [3.63, 3.8) is 0 Å². The number of hydrogen-bond donors (Lipinski definition) is 2. The Hall–Kier alpha value is -1.36. The van der Waals surface area contributed by atoms with Crippen molar-refractivity contribution in [1.82, 2.24) is 15.1 Å². The Morgan fingerprint density at radius 3 is 2.74 bits per heavy atom. The van der Waals surface area contributed by atoms with Crippen molar-refractivity contribution in [1.29, 1.82) is 0 Å². The van der Waals surface area contributed by atoms with Crippen LogP contribution in [0, 0.1) is 5.92 Å². The number of aliphatic hydroxyl groups is 1. The SMILES string of the molecule is CCc1nn(C)cc1C(=O)NCC(C)(O)CC(C)C. The van der Waals surface area contributed by atoms with Gasteiger partial charge in [0.2, 0.25) is 0 Å². The van der Waals surface area contributed by atoms with E-state index in [1.165, 1.54) is 0 Å². The van der Waals surface area contributed by atoms with Crippen LogP contribution in [0.3, 0.4) is 0 Å². The molecule has 1 aromatic rings. The summed E-state index contributed by atoms with van der Waals surface area (Å²) in [5, 5.41) is 17.2. The van der Waals surface area contributed by atoms with Crippen molar-refractivity contribution in [2.45, 2.75) is 46.1 Å². The van der Waals surface area contributed by atoms with Crippen LogP contribution in [-0.2, 0) is 13.5 Å². The predicted molar refractivity (Wildman–Crippen MR) is 75.0 cm³/mol. The fourth-order valence-electron chi connectivity index (χ4n) is 2.30. The molecule has 0 radical (unpaired) electrons. The van der Waals surface area contributed by atoms with Crippen molar-refractivity contribution in [2.24, 2.45) is 13.0 Å². The molecule has 0 bridgehead atoms. The average molecular weight is 267 g/mol. The van der Waals surface area contributed by atoms with Crippen LogP contribution in [0.1, 0.15) is 50.2 Å². The van der Waals surface area contributed by atoms with Crippen LogP contribution < -0.4 is 5.32 Å². The maximum Gasteiger partial charge on any atom is 0.254 e. The monoisotopic (exact) mass is 267 g/mol. The van der Waals surface area contributed by atoms with Crippen LogP contribution in [0.25, 0.3) is 0 Å². The highest BCUT2D eigenvalue weighted by Gasteiger charge is 2.23. The highest BCUT2D eigenvalue weighted by Crippen LogP contribution is 2.15. The van der Waals surface area contributed by atoms with Crippen LogP contribution in [0.4, 0.5) is 0 Å². The van der Waals surface area contributed by atoms with Gasteiger partial charge in [0.25, 0.3) is 5.91 Å². The highest BCUT2D eigenvalue weighted by molar-refractivity contribution is 5.95. The average Bonchev–Trinajstić information content (AvgIpc) is 2.66. The molecular formula is C14H25N3O2. The van der Waals surface area contributed by atoms with E-state index >= 15 is 0 Å². The van der Waals surface area contributed by atoms with E-state index in [-0.39, 0.29) is 12.5 Å². The van der Waals surface area contributed by atoms with Crippen molar-refractivity contribution in [2.75, 3.05) is 6.54 Å². The zero-order valence-electron chi connectivity index (χ0n) is 12.5. The number of aryl methyl sites for hydroxylation is 2. The third-order valence-electron chi connectivity index (χ3n) is 2.96. The number of nitrogens with zero attached hydrogens (tertiary/aromatic N) is 2. The van der Waals surface area contributed by atoms with Crippen molar-refractivity contribution in [3.05, 3.63) is 17.5 Å². The van der Waals surface area contributed by atoms with Gasteiger partial charge in [-0.05, 0) is 25.7 Å². The van der Waals surface area contributed by atoms with E-state index in [1.54, 1.807) is 24.9 Å². The predicted octanol–water partition coefficient (Wildman–Crippen LogP) is 1.51. The Bertz CT molecular complexity index is 436. The van der Waals surface area contributed by atoms with Gasteiger partial charge < -0.3 is 10.4 Å². The number of aromatic nitrogens is 2. The normalized spacial score (nSPS) is 14.5. The van der Waals surface area contributed by atoms with Crippen molar-refractivity contribution in [3.8, 4) is 0 Å². The van der Waals surface area contributed by atoms with E-state index < -0.39 is 5.60 Å². The Morgan fingerprint density at radius 2 is 2.21 bits per heavy atom. The molecule has 0 aliphatic carbocycles. The molecule has 5 heteroatoms. The molecule has 1 aromatic heterocycles. The quantitative estimate of drug-likeness (QED) is 0.821. The largest absolute Gasteiger partial charge is 0.388 e. The van der Waals surface area contributed by atoms with Crippen molar-refractivity contribution >= 4 is 5.91 Å². The van der Waals surface area contributed by atoms with E-state index in [0.29, 0.717) is 24.3 Å². The maximum absolute atomic E-state index is 12.1. The van der Waals surface area contributed by atoms with E-state index in [2.05, 4.69) is 10.4 Å². The second-order valence-electron chi connectivity index (χ2n) is 5.79. The first-order valence-corrected chi connectivity index (χ1v) is 6.78. The fourth-order valence-corrected chi connectivity index (χ4v) is 2.30. The second-order valence-corrected chi connectivity index (χ2v) is 5.79. The number of amides is 1. The molecule has 1 heterocycles. The molecule has 0 saturated heterocycles. The molecule has 1 unspecified atom stereocenters. The van der Waals surface area contributed by atoms with Crippen LogP contribution in [0.5, 0.6) is 0 Å². The Morgan fingerprint density at radius 1 is 1.58 bits per heavy atom. The molecular weight excluding hydrogens is 242 g/mol. The van der Waals surface area contributed by atoms with E-state index in [0.717, 1.165) is 5.69 Å². The van der Waals surface area contributed by atoms with Gasteiger partial charge in [0.05, 0.1) is 16.9 Å². The number of carbonyl (C=O) groups excluding carboxylic acids is 1. The van der Waals surface area contributed by atoms with Crippen LogP contribution in [-0.4, -0.2) is 32.9 Å². The first-order chi connectivity index (χ1) is 8.75. The molecule has 0 aromatic carbocycles. The zero-order chi connectivity index (χ0) is 14.6. The van der Waals surface area contributed by atoms with Crippen LogP contribution in [0.2, 0.25) is 0 Å². The van der Waals surface area contributed by atoms with Gasteiger partial charge in [0.15, 0.2) is 0 Å². The molecule has 0 fully saturated rings. The minimum absolute atomic E-state index is 0.172. The lowest BCUT2D eigenvalue weighted by molar-refractivity contribution is 0.0368.